The maximum absolute atomic E-state index is 12.1. The molecule has 8 nitrogen and oxygen atoms in total. The standard InChI is InChI=1S/C28H41N3O5/c1-18(2)23-15-21(8-9-26(23)32)16-24-19(3)13-22(14-20(24)4)36-17-27(33)35-12-11-31-28(34)25(30)7-5-6-10-29/h8-9,13-15,18,25,32H,5-7,10-12,16-17,29-30H2,1-4H3,(H,31,34)/p+2/t25-/m0/s1. The average molecular weight is 502 g/mol. The van der Waals surface area contributed by atoms with Gasteiger partial charge in [0.15, 0.2) is 12.6 Å². The van der Waals surface area contributed by atoms with Gasteiger partial charge in [-0.15, -0.1) is 0 Å². The summed E-state index contributed by atoms with van der Waals surface area (Å²) in [6.07, 6.45) is 3.37. The van der Waals surface area contributed by atoms with Gasteiger partial charge in [-0.2, -0.15) is 0 Å². The lowest BCUT2D eigenvalue weighted by Crippen LogP contribution is -2.67. The number of nitrogens with one attached hydrogen (secondary N) is 1. The van der Waals surface area contributed by atoms with E-state index in [2.05, 4.69) is 36.7 Å². The molecule has 2 rings (SSSR count). The average Bonchev–Trinajstić information content (AvgIpc) is 2.83. The highest BCUT2D eigenvalue weighted by atomic mass is 16.6. The molecular formula is C28H43N3O5+2. The Morgan fingerprint density at radius 3 is 2.42 bits per heavy atom. The summed E-state index contributed by atoms with van der Waals surface area (Å²) in [7, 11) is 0. The van der Waals surface area contributed by atoms with E-state index in [0.29, 0.717) is 11.5 Å². The van der Waals surface area contributed by atoms with Crippen molar-refractivity contribution in [1.29, 1.82) is 0 Å². The van der Waals surface area contributed by atoms with Gasteiger partial charge < -0.3 is 31.4 Å². The van der Waals surface area contributed by atoms with Crippen LogP contribution in [-0.2, 0) is 20.7 Å². The minimum Gasteiger partial charge on any atom is -0.508 e. The van der Waals surface area contributed by atoms with Gasteiger partial charge in [0.05, 0.1) is 13.1 Å². The minimum atomic E-state index is -0.490. The maximum Gasteiger partial charge on any atom is 0.344 e. The van der Waals surface area contributed by atoms with Crippen molar-refractivity contribution in [2.45, 2.75) is 65.3 Å². The van der Waals surface area contributed by atoms with Gasteiger partial charge in [0.1, 0.15) is 18.1 Å². The number of carbonyl (C=O) groups is 2. The van der Waals surface area contributed by atoms with Crippen molar-refractivity contribution in [3.8, 4) is 11.5 Å². The second-order valence-corrected chi connectivity index (χ2v) is 9.61. The molecule has 0 fully saturated rings. The van der Waals surface area contributed by atoms with Crippen LogP contribution in [0, 0.1) is 13.8 Å². The topological polar surface area (TPSA) is 140 Å². The van der Waals surface area contributed by atoms with Crippen LogP contribution >= 0.6 is 0 Å². The number of carbonyl (C=O) groups excluding carboxylic acids is 2. The van der Waals surface area contributed by atoms with Gasteiger partial charge in [-0.25, -0.2) is 4.79 Å². The van der Waals surface area contributed by atoms with Gasteiger partial charge in [0.25, 0.3) is 5.91 Å². The summed E-state index contributed by atoms with van der Waals surface area (Å²) in [5, 5.41) is 12.8. The predicted octanol–water partition coefficient (Wildman–Crippen LogP) is 1.78. The van der Waals surface area contributed by atoms with E-state index in [-0.39, 0.29) is 37.6 Å². The zero-order valence-electron chi connectivity index (χ0n) is 22.2. The molecule has 0 saturated carbocycles. The molecule has 8 heteroatoms. The number of ether oxygens (including phenoxy) is 2. The number of unbranched alkanes of at least 4 members (excludes halogenated alkanes) is 1. The summed E-state index contributed by atoms with van der Waals surface area (Å²) in [6.45, 7) is 9.15. The quantitative estimate of drug-likeness (QED) is 0.231. The summed E-state index contributed by atoms with van der Waals surface area (Å²) in [5.74, 6) is 0.551. The Hall–Kier alpha value is -3.10. The van der Waals surface area contributed by atoms with Crippen LogP contribution in [-0.4, -0.2) is 49.3 Å². The van der Waals surface area contributed by atoms with Gasteiger partial charge >= 0.3 is 5.97 Å². The number of quaternary nitrogens is 2. The molecule has 0 saturated heterocycles. The van der Waals surface area contributed by atoms with Crippen molar-refractivity contribution in [1.82, 2.24) is 5.32 Å². The van der Waals surface area contributed by atoms with Crippen LogP contribution < -0.4 is 21.5 Å². The summed E-state index contributed by atoms with van der Waals surface area (Å²) in [6, 6.07) is 9.29. The zero-order valence-corrected chi connectivity index (χ0v) is 22.2. The smallest absolute Gasteiger partial charge is 0.344 e. The fourth-order valence-electron chi connectivity index (χ4n) is 4.06. The van der Waals surface area contributed by atoms with Gasteiger partial charge in [0, 0.05) is 6.42 Å². The highest BCUT2D eigenvalue weighted by Gasteiger charge is 2.16. The molecule has 2 aromatic rings. The van der Waals surface area contributed by atoms with E-state index < -0.39 is 5.97 Å². The van der Waals surface area contributed by atoms with Crippen LogP contribution in [0.5, 0.6) is 11.5 Å². The van der Waals surface area contributed by atoms with Crippen molar-refractivity contribution in [3.63, 3.8) is 0 Å². The number of aryl methyl sites for hydroxylation is 2. The Morgan fingerprint density at radius 1 is 1.08 bits per heavy atom. The maximum atomic E-state index is 12.1. The second kappa shape index (κ2) is 14.5. The third-order valence-electron chi connectivity index (χ3n) is 6.21. The molecule has 0 radical (unpaired) electrons. The number of hydrogen-bond donors (Lipinski definition) is 4. The Labute approximate surface area is 214 Å². The lowest BCUT2D eigenvalue weighted by Gasteiger charge is -2.15. The van der Waals surface area contributed by atoms with E-state index in [1.54, 1.807) is 6.07 Å². The van der Waals surface area contributed by atoms with Crippen molar-refractivity contribution >= 4 is 11.9 Å². The first-order chi connectivity index (χ1) is 17.1. The van der Waals surface area contributed by atoms with Crippen LogP contribution in [0.4, 0.5) is 0 Å². The van der Waals surface area contributed by atoms with Gasteiger partial charge in [0.2, 0.25) is 0 Å². The van der Waals surface area contributed by atoms with E-state index >= 15 is 0 Å². The van der Waals surface area contributed by atoms with E-state index in [9.17, 15) is 14.7 Å². The normalized spacial score (nSPS) is 11.9. The highest BCUT2D eigenvalue weighted by molar-refractivity contribution is 5.80. The van der Waals surface area contributed by atoms with E-state index in [1.165, 1.54) is 5.56 Å². The third-order valence-corrected chi connectivity index (χ3v) is 6.21. The van der Waals surface area contributed by atoms with Crippen molar-refractivity contribution in [2.24, 2.45) is 0 Å². The first-order valence-corrected chi connectivity index (χ1v) is 12.7. The molecule has 0 heterocycles. The highest BCUT2D eigenvalue weighted by Crippen LogP contribution is 2.29. The SMILES string of the molecule is Cc1cc(OCC(=O)OCCNC(=O)[C@@H]([NH3+])CCCC[NH3+])cc(C)c1Cc1ccc(O)c(C(C)C)c1. The zero-order chi connectivity index (χ0) is 26.7. The molecule has 0 unspecified atom stereocenters. The Balaban J connectivity index is 1.81. The lowest BCUT2D eigenvalue weighted by atomic mass is 9.93. The molecule has 0 bridgehead atoms. The van der Waals surface area contributed by atoms with Crippen LogP contribution in [0.15, 0.2) is 30.3 Å². The summed E-state index contributed by atoms with van der Waals surface area (Å²) in [4.78, 5) is 24.1. The molecule has 1 amide bonds. The second-order valence-electron chi connectivity index (χ2n) is 9.61. The van der Waals surface area contributed by atoms with Crippen molar-refractivity contribution < 1.29 is 35.6 Å². The van der Waals surface area contributed by atoms with Crippen molar-refractivity contribution in [2.75, 3.05) is 26.3 Å². The number of phenolic OH excluding ortho intramolecular Hbond substituents is 1. The lowest BCUT2D eigenvalue weighted by molar-refractivity contribution is -0.406. The van der Waals surface area contributed by atoms with Gasteiger partial charge in [-0.3, -0.25) is 4.79 Å². The number of phenols is 1. The Kier molecular flexibility index (Phi) is 11.7. The number of rotatable bonds is 14. The fourth-order valence-corrected chi connectivity index (χ4v) is 4.06. The monoisotopic (exact) mass is 501 g/mol. The summed E-state index contributed by atoms with van der Waals surface area (Å²) < 4.78 is 10.8. The van der Waals surface area contributed by atoms with Crippen LogP contribution in [0.2, 0.25) is 0 Å². The number of amides is 1. The van der Waals surface area contributed by atoms with Gasteiger partial charge in [-0.1, -0.05) is 26.0 Å². The fraction of sp³-hybridized carbons (Fsp3) is 0.500. The number of aromatic hydroxyl groups is 1. The molecule has 0 aliphatic heterocycles. The molecule has 36 heavy (non-hydrogen) atoms. The molecule has 0 spiro atoms. The first-order valence-electron chi connectivity index (χ1n) is 12.7. The molecule has 0 aliphatic carbocycles. The molecule has 0 aromatic heterocycles. The van der Waals surface area contributed by atoms with Crippen LogP contribution in [0.1, 0.15) is 66.8 Å². The summed E-state index contributed by atoms with van der Waals surface area (Å²) in [5.41, 5.74) is 13.1. The molecular weight excluding hydrogens is 458 g/mol. The molecule has 2 aromatic carbocycles. The Morgan fingerprint density at radius 2 is 1.78 bits per heavy atom. The number of benzene rings is 2. The Bertz CT molecular complexity index is 999. The number of hydrogen-bond acceptors (Lipinski definition) is 5. The minimum absolute atomic E-state index is 0.0848. The molecule has 0 aliphatic rings. The van der Waals surface area contributed by atoms with Gasteiger partial charge in [-0.05, 0) is 85.0 Å². The van der Waals surface area contributed by atoms with E-state index in [0.717, 1.165) is 54.5 Å². The predicted molar refractivity (Wildman–Crippen MR) is 139 cm³/mol. The largest absolute Gasteiger partial charge is 0.508 e. The third kappa shape index (κ3) is 9.17. The number of esters is 1. The molecule has 1 atom stereocenters. The molecule has 198 valence electrons. The molecule has 8 N–H and O–H groups in total. The van der Waals surface area contributed by atoms with E-state index in [1.807, 2.05) is 32.0 Å². The summed E-state index contributed by atoms with van der Waals surface area (Å²) >= 11 is 0. The van der Waals surface area contributed by atoms with Crippen LogP contribution in [0.25, 0.3) is 0 Å². The van der Waals surface area contributed by atoms with Crippen LogP contribution in [0.3, 0.4) is 0 Å². The first kappa shape index (κ1) is 29.1. The van der Waals surface area contributed by atoms with E-state index in [4.69, 9.17) is 9.47 Å². The van der Waals surface area contributed by atoms with Crippen molar-refractivity contribution in [3.05, 3.63) is 58.1 Å².